The molecule has 0 saturated carbocycles. The van der Waals surface area contributed by atoms with Crippen molar-refractivity contribution in [3.8, 4) is 5.75 Å². The number of hydrogen-bond donors (Lipinski definition) is 1. The van der Waals surface area contributed by atoms with E-state index in [-0.39, 0.29) is 18.2 Å². The molecule has 114 valence electrons. The van der Waals surface area contributed by atoms with Crippen LogP contribution in [-0.4, -0.2) is 44.4 Å². The minimum Gasteiger partial charge on any atom is -0.435 e. The summed E-state index contributed by atoms with van der Waals surface area (Å²) in [6, 6.07) is 5.88. The van der Waals surface area contributed by atoms with Gasteiger partial charge in [0.25, 0.3) is 0 Å². The molecule has 1 aliphatic heterocycles. The van der Waals surface area contributed by atoms with E-state index in [1.54, 1.807) is 12.1 Å². The first-order chi connectivity index (χ1) is 9.20. The van der Waals surface area contributed by atoms with Crippen LogP contribution in [-0.2, 0) is 0 Å². The average molecular weight is 311 g/mol. The molecule has 0 radical (unpaired) electrons. The van der Waals surface area contributed by atoms with E-state index in [9.17, 15) is 13.2 Å². The van der Waals surface area contributed by atoms with Crippen molar-refractivity contribution in [3.05, 3.63) is 29.8 Å². The van der Waals surface area contributed by atoms with Crippen LogP contribution in [0, 0.1) is 0 Å². The van der Waals surface area contributed by atoms with Crippen LogP contribution in [0.5, 0.6) is 5.75 Å². The third-order valence-corrected chi connectivity index (χ3v) is 3.21. The molecule has 1 heterocycles. The van der Waals surface area contributed by atoms with Gasteiger partial charge >= 0.3 is 6.61 Å². The number of alkyl halides is 3. The summed E-state index contributed by atoms with van der Waals surface area (Å²) in [7, 11) is 0. The molecule has 1 aromatic rings. The number of ether oxygens (including phenoxy) is 1. The van der Waals surface area contributed by atoms with Crippen molar-refractivity contribution in [2.45, 2.75) is 12.7 Å². The second-order valence-electron chi connectivity index (χ2n) is 4.41. The lowest BCUT2D eigenvalue weighted by Crippen LogP contribution is -2.45. The Morgan fingerprint density at radius 2 is 1.95 bits per heavy atom. The summed E-state index contributed by atoms with van der Waals surface area (Å²) in [6.45, 7) is -0.299. The van der Waals surface area contributed by atoms with E-state index >= 15 is 0 Å². The zero-order valence-corrected chi connectivity index (χ0v) is 11.7. The SMILES string of the molecule is Cl.FC[C@@H](c1cccc(OC(F)F)c1)N1CCNCC1. The minimum atomic E-state index is -2.86. The molecular weight excluding hydrogens is 293 g/mol. The summed E-state index contributed by atoms with van der Waals surface area (Å²) in [6.07, 6.45) is 0. The highest BCUT2D eigenvalue weighted by molar-refractivity contribution is 5.85. The van der Waals surface area contributed by atoms with Crippen molar-refractivity contribution in [1.29, 1.82) is 0 Å². The van der Waals surface area contributed by atoms with Crippen molar-refractivity contribution in [2.24, 2.45) is 0 Å². The van der Waals surface area contributed by atoms with Gasteiger partial charge in [-0.25, -0.2) is 4.39 Å². The number of piperazine rings is 1. The fourth-order valence-corrected chi connectivity index (χ4v) is 2.29. The van der Waals surface area contributed by atoms with Gasteiger partial charge < -0.3 is 10.1 Å². The Hall–Kier alpha value is -0.980. The molecule has 1 atom stereocenters. The fraction of sp³-hybridized carbons (Fsp3) is 0.538. The smallest absolute Gasteiger partial charge is 0.387 e. The van der Waals surface area contributed by atoms with Crippen molar-refractivity contribution < 1.29 is 17.9 Å². The monoisotopic (exact) mass is 310 g/mol. The van der Waals surface area contributed by atoms with Crippen LogP contribution in [0.4, 0.5) is 13.2 Å². The molecule has 20 heavy (non-hydrogen) atoms. The maximum absolute atomic E-state index is 13.3. The Morgan fingerprint density at radius 1 is 1.25 bits per heavy atom. The lowest BCUT2D eigenvalue weighted by Gasteiger charge is -2.33. The second kappa shape index (κ2) is 8.34. The van der Waals surface area contributed by atoms with Crippen molar-refractivity contribution in [3.63, 3.8) is 0 Å². The van der Waals surface area contributed by atoms with E-state index in [0.717, 1.165) is 26.2 Å². The number of nitrogens with zero attached hydrogens (tertiary/aromatic N) is 1. The van der Waals surface area contributed by atoms with Gasteiger partial charge in [0.15, 0.2) is 0 Å². The zero-order chi connectivity index (χ0) is 13.7. The van der Waals surface area contributed by atoms with Crippen LogP contribution in [0.3, 0.4) is 0 Å². The number of nitrogens with one attached hydrogen (secondary N) is 1. The molecule has 1 saturated heterocycles. The first kappa shape index (κ1) is 17.1. The van der Waals surface area contributed by atoms with Crippen LogP contribution >= 0.6 is 12.4 Å². The summed E-state index contributed by atoms with van der Waals surface area (Å²) in [5, 5.41) is 3.19. The third-order valence-electron chi connectivity index (χ3n) is 3.21. The molecule has 0 amide bonds. The lowest BCUT2D eigenvalue weighted by molar-refractivity contribution is -0.0499. The van der Waals surface area contributed by atoms with E-state index in [0.29, 0.717) is 5.56 Å². The van der Waals surface area contributed by atoms with Crippen molar-refractivity contribution >= 4 is 12.4 Å². The number of hydrogen-bond acceptors (Lipinski definition) is 3. The van der Waals surface area contributed by atoms with Gasteiger partial charge in [0.1, 0.15) is 12.4 Å². The summed E-state index contributed by atoms with van der Waals surface area (Å²) < 4.78 is 42.0. The summed E-state index contributed by atoms with van der Waals surface area (Å²) in [5.74, 6) is 0.0704. The molecule has 1 N–H and O–H groups in total. The van der Waals surface area contributed by atoms with Crippen LogP contribution < -0.4 is 10.1 Å². The Labute approximate surface area is 122 Å². The maximum Gasteiger partial charge on any atom is 0.387 e. The van der Waals surface area contributed by atoms with Crippen LogP contribution in [0.25, 0.3) is 0 Å². The van der Waals surface area contributed by atoms with Gasteiger partial charge in [0, 0.05) is 26.2 Å². The first-order valence-corrected chi connectivity index (χ1v) is 6.26. The van der Waals surface area contributed by atoms with Gasteiger partial charge in [-0.05, 0) is 17.7 Å². The standard InChI is InChI=1S/C13H17F3N2O.ClH/c14-9-12(18-6-4-17-5-7-18)10-2-1-3-11(8-10)19-13(15)16;/h1-3,8,12-13,17H,4-7,9H2;1H/t12-;/m0./s1. The lowest BCUT2D eigenvalue weighted by atomic mass is 10.1. The minimum absolute atomic E-state index is 0. The van der Waals surface area contributed by atoms with Gasteiger partial charge in [0.2, 0.25) is 0 Å². The van der Waals surface area contributed by atoms with Crippen LogP contribution in [0.1, 0.15) is 11.6 Å². The highest BCUT2D eigenvalue weighted by atomic mass is 35.5. The molecule has 0 bridgehead atoms. The molecule has 3 nitrogen and oxygen atoms in total. The molecule has 1 fully saturated rings. The first-order valence-electron chi connectivity index (χ1n) is 6.26. The van der Waals surface area contributed by atoms with Gasteiger partial charge in [-0.3, -0.25) is 4.90 Å². The molecular formula is C13H18ClF3N2O. The second-order valence-corrected chi connectivity index (χ2v) is 4.41. The number of benzene rings is 1. The Balaban J connectivity index is 0.00000200. The number of halogens is 4. The van der Waals surface area contributed by atoms with Crippen LogP contribution in [0.2, 0.25) is 0 Å². The molecule has 1 aromatic carbocycles. The highest BCUT2D eigenvalue weighted by Crippen LogP contribution is 2.25. The molecule has 0 aromatic heterocycles. The normalized spacial score (nSPS) is 17.6. The predicted octanol–water partition coefficient (Wildman–Crippen LogP) is 2.63. The summed E-state index contributed by atoms with van der Waals surface area (Å²) >= 11 is 0. The van der Waals surface area contributed by atoms with E-state index in [1.165, 1.54) is 12.1 Å². The highest BCUT2D eigenvalue weighted by Gasteiger charge is 2.22. The van der Waals surface area contributed by atoms with E-state index in [4.69, 9.17) is 0 Å². The predicted molar refractivity (Wildman–Crippen MR) is 73.5 cm³/mol. The molecule has 0 aliphatic carbocycles. The third kappa shape index (κ3) is 4.54. The van der Waals surface area contributed by atoms with E-state index < -0.39 is 19.3 Å². The summed E-state index contributed by atoms with van der Waals surface area (Å²) in [4.78, 5) is 2.01. The van der Waals surface area contributed by atoms with Gasteiger partial charge in [-0.1, -0.05) is 12.1 Å². The zero-order valence-electron chi connectivity index (χ0n) is 10.9. The largest absolute Gasteiger partial charge is 0.435 e. The molecule has 2 rings (SSSR count). The fourth-order valence-electron chi connectivity index (χ4n) is 2.29. The van der Waals surface area contributed by atoms with Gasteiger partial charge in [-0.15, -0.1) is 12.4 Å². The van der Waals surface area contributed by atoms with Gasteiger partial charge in [0.05, 0.1) is 6.04 Å². The van der Waals surface area contributed by atoms with Crippen molar-refractivity contribution in [1.82, 2.24) is 10.2 Å². The van der Waals surface area contributed by atoms with Crippen molar-refractivity contribution in [2.75, 3.05) is 32.9 Å². The molecule has 0 spiro atoms. The van der Waals surface area contributed by atoms with Gasteiger partial charge in [-0.2, -0.15) is 8.78 Å². The van der Waals surface area contributed by atoms with Crippen LogP contribution in [0.15, 0.2) is 24.3 Å². The topological polar surface area (TPSA) is 24.5 Å². The molecule has 7 heteroatoms. The Morgan fingerprint density at radius 3 is 2.55 bits per heavy atom. The number of rotatable bonds is 5. The Bertz CT molecular complexity index is 403. The maximum atomic E-state index is 13.3. The molecule has 0 unspecified atom stereocenters. The Kier molecular flexibility index (Phi) is 7.12. The average Bonchev–Trinajstić information content (AvgIpc) is 2.40. The molecule has 1 aliphatic rings. The van der Waals surface area contributed by atoms with E-state index in [2.05, 4.69) is 10.1 Å². The van der Waals surface area contributed by atoms with E-state index in [1.807, 2.05) is 4.90 Å². The summed E-state index contributed by atoms with van der Waals surface area (Å²) in [5.41, 5.74) is 0.669. The quantitative estimate of drug-likeness (QED) is 0.905.